The van der Waals surface area contributed by atoms with E-state index in [2.05, 4.69) is 30.8 Å². The molecule has 9 heteroatoms. The van der Waals surface area contributed by atoms with Gasteiger partial charge in [0.2, 0.25) is 10.0 Å². The van der Waals surface area contributed by atoms with Gasteiger partial charge in [0, 0.05) is 30.2 Å². The van der Waals surface area contributed by atoms with E-state index < -0.39 is 10.0 Å². The second-order valence-corrected chi connectivity index (χ2v) is 6.81. The van der Waals surface area contributed by atoms with Crippen LogP contribution in [-0.2, 0) is 23.5 Å². The van der Waals surface area contributed by atoms with E-state index in [1.807, 2.05) is 0 Å². The summed E-state index contributed by atoms with van der Waals surface area (Å²) in [7, 11) is -1.77. The number of nitrogens with one attached hydrogen (secondary N) is 1. The Morgan fingerprint density at radius 1 is 1.45 bits per heavy atom. The van der Waals surface area contributed by atoms with E-state index >= 15 is 0 Å². The molecule has 0 fully saturated rings. The summed E-state index contributed by atoms with van der Waals surface area (Å²) in [5.41, 5.74) is 6.06. The van der Waals surface area contributed by atoms with Crippen molar-refractivity contribution < 1.29 is 8.42 Å². The molecule has 1 heterocycles. The number of nitrogens with zero attached hydrogens (tertiary/aromatic N) is 3. The lowest BCUT2D eigenvalue weighted by Crippen LogP contribution is -2.26. The summed E-state index contributed by atoms with van der Waals surface area (Å²) < 4.78 is 29.1. The van der Waals surface area contributed by atoms with E-state index in [1.165, 1.54) is 12.1 Å². The Morgan fingerprint density at radius 2 is 2.20 bits per heavy atom. The van der Waals surface area contributed by atoms with Crippen LogP contribution in [-0.4, -0.2) is 29.7 Å². The number of nitrogens with two attached hydrogens (primary N) is 1. The third-order valence-electron chi connectivity index (χ3n) is 2.72. The number of anilines is 1. The van der Waals surface area contributed by atoms with E-state index in [1.54, 1.807) is 24.0 Å². The Balaban J connectivity index is 2.04. The van der Waals surface area contributed by atoms with E-state index in [0.717, 1.165) is 0 Å². The fourth-order valence-corrected chi connectivity index (χ4v) is 2.92. The van der Waals surface area contributed by atoms with Gasteiger partial charge in [-0.1, -0.05) is 0 Å². The minimum absolute atomic E-state index is 0.135. The van der Waals surface area contributed by atoms with E-state index in [0.29, 0.717) is 22.4 Å². The number of halogens is 1. The van der Waals surface area contributed by atoms with Gasteiger partial charge in [0.1, 0.15) is 12.2 Å². The number of benzene rings is 1. The molecule has 0 aliphatic carbocycles. The maximum absolute atomic E-state index is 12.1. The second-order valence-electron chi connectivity index (χ2n) is 4.19. The quantitative estimate of drug-likeness (QED) is 0.764. The molecule has 3 N–H and O–H groups in total. The van der Waals surface area contributed by atoms with E-state index in [9.17, 15) is 8.42 Å². The first-order valence-electron chi connectivity index (χ1n) is 5.78. The smallest absolute Gasteiger partial charge is 0.240 e. The zero-order valence-corrected chi connectivity index (χ0v) is 13.1. The van der Waals surface area contributed by atoms with Crippen LogP contribution in [0.3, 0.4) is 0 Å². The lowest BCUT2D eigenvalue weighted by molar-refractivity contribution is 0.580. The summed E-state index contributed by atoms with van der Waals surface area (Å²) in [6.07, 6.45) is 2.03. The lowest BCUT2D eigenvalue weighted by Gasteiger charge is -2.08. The molecule has 20 heavy (non-hydrogen) atoms. The molecule has 0 unspecified atom stereocenters. The van der Waals surface area contributed by atoms with Crippen LogP contribution >= 0.6 is 15.9 Å². The monoisotopic (exact) mass is 359 g/mol. The zero-order valence-electron chi connectivity index (χ0n) is 10.7. The molecule has 0 atom stereocenters. The fraction of sp³-hybridized carbons (Fsp3) is 0.273. The first-order chi connectivity index (χ1) is 9.40. The number of sulfonamides is 1. The highest BCUT2D eigenvalue weighted by atomic mass is 79.9. The second kappa shape index (κ2) is 5.90. The van der Waals surface area contributed by atoms with Crippen molar-refractivity contribution in [3.05, 3.63) is 34.8 Å². The predicted octanol–water partition coefficient (Wildman–Crippen LogP) is 0.681. The molecule has 108 valence electrons. The predicted molar refractivity (Wildman–Crippen MR) is 78.4 cm³/mol. The molecular formula is C11H14BrN5O2S. The Hall–Kier alpha value is -1.45. The molecule has 0 radical (unpaired) electrons. The number of nitrogen functional groups attached to an aromatic ring is 1. The van der Waals surface area contributed by atoms with Gasteiger partial charge in [-0.2, -0.15) is 0 Å². The third kappa shape index (κ3) is 3.35. The molecule has 0 spiro atoms. The van der Waals surface area contributed by atoms with Crippen LogP contribution < -0.4 is 10.5 Å². The van der Waals surface area contributed by atoms with Crippen molar-refractivity contribution in [2.45, 2.75) is 11.3 Å². The number of hydrogen-bond acceptors (Lipinski definition) is 5. The standard InChI is InChI=1S/C11H14BrN5O2S/c1-17-7-14-16-11(17)4-5-15-20(18,19)8-2-3-9(12)10(13)6-8/h2-3,6-7,15H,4-5,13H2,1H3. The highest BCUT2D eigenvalue weighted by Gasteiger charge is 2.15. The molecule has 0 bridgehead atoms. The highest BCUT2D eigenvalue weighted by molar-refractivity contribution is 9.10. The van der Waals surface area contributed by atoms with Crippen molar-refractivity contribution in [2.24, 2.45) is 7.05 Å². The Labute approximate surface area is 125 Å². The molecule has 0 saturated heterocycles. The number of aromatic nitrogens is 3. The zero-order chi connectivity index (χ0) is 14.8. The van der Waals surface area contributed by atoms with Crippen molar-refractivity contribution in [1.82, 2.24) is 19.5 Å². The van der Waals surface area contributed by atoms with Crippen molar-refractivity contribution in [3.63, 3.8) is 0 Å². The van der Waals surface area contributed by atoms with Gasteiger partial charge in [-0.25, -0.2) is 13.1 Å². The maximum atomic E-state index is 12.1. The number of aryl methyl sites for hydroxylation is 1. The van der Waals surface area contributed by atoms with Crippen molar-refractivity contribution in [1.29, 1.82) is 0 Å². The van der Waals surface area contributed by atoms with Gasteiger partial charge in [-0.05, 0) is 34.1 Å². The van der Waals surface area contributed by atoms with E-state index in [4.69, 9.17) is 5.73 Å². The van der Waals surface area contributed by atoms with Gasteiger partial charge in [0.25, 0.3) is 0 Å². The molecule has 7 nitrogen and oxygen atoms in total. The SMILES string of the molecule is Cn1cnnc1CCNS(=O)(=O)c1ccc(Br)c(N)c1. The fourth-order valence-electron chi connectivity index (χ4n) is 1.60. The molecular weight excluding hydrogens is 346 g/mol. The van der Waals surface area contributed by atoms with Gasteiger partial charge >= 0.3 is 0 Å². The molecule has 1 aromatic carbocycles. The lowest BCUT2D eigenvalue weighted by atomic mass is 10.3. The summed E-state index contributed by atoms with van der Waals surface area (Å²) in [5, 5.41) is 7.62. The largest absolute Gasteiger partial charge is 0.398 e. The van der Waals surface area contributed by atoms with Gasteiger partial charge in [-0.3, -0.25) is 0 Å². The minimum Gasteiger partial charge on any atom is -0.398 e. The van der Waals surface area contributed by atoms with E-state index in [-0.39, 0.29) is 11.4 Å². The maximum Gasteiger partial charge on any atom is 0.240 e. The number of rotatable bonds is 5. The summed E-state index contributed by atoms with van der Waals surface area (Å²) >= 11 is 3.22. The van der Waals surface area contributed by atoms with Crippen LogP contribution in [0.5, 0.6) is 0 Å². The van der Waals surface area contributed by atoms with Gasteiger partial charge in [-0.15, -0.1) is 10.2 Å². The molecule has 1 aromatic heterocycles. The normalized spacial score (nSPS) is 11.7. The summed E-state index contributed by atoms with van der Waals surface area (Å²) in [6.45, 7) is 0.241. The van der Waals surface area contributed by atoms with Crippen LogP contribution in [0.25, 0.3) is 0 Å². The van der Waals surface area contributed by atoms with Crippen LogP contribution in [0.1, 0.15) is 5.82 Å². The molecule has 0 amide bonds. The molecule has 2 aromatic rings. The Bertz CT molecular complexity index is 713. The Morgan fingerprint density at radius 3 is 2.80 bits per heavy atom. The summed E-state index contributed by atoms with van der Waals surface area (Å²) in [6, 6.07) is 4.51. The van der Waals surface area contributed by atoms with Crippen LogP contribution in [0, 0.1) is 0 Å². The van der Waals surface area contributed by atoms with Crippen molar-refractivity contribution >= 4 is 31.6 Å². The average molecular weight is 360 g/mol. The van der Waals surface area contributed by atoms with Crippen LogP contribution in [0.15, 0.2) is 33.9 Å². The molecule has 2 rings (SSSR count). The van der Waals surface area contributed by atoms with Crippen LogP contribution in [0.4, 0.5) is 5.69 Å². The summed E-state index contributed by atoms with van der Waals surface area (Å²) in [4.78, 5) is 0.135. The summed E-state index contributed by atoms with van der Waals surface area (Å²) in [5.74, 6) is 0.711. The highest BCUT2D eigenvalue weighted by Crippen LogP contribution is 2.22. The minimum atomic E-state index is -3.57. The first kappa shape index (κ1) is 14.9. The van der Waals surface area contributed by atoms with Gasteiger partial charge in [0.05, 0.1) is 4.90 Å². The first-order valence-corrected chi connectivity index (χ1v) is 8.05. The van der Waals surface area contributed by atoms with Gasteiger partial charge in [0.15, 0.2) is 0 Å². The van der Waals surface area contributed by atoms with Crippen LogP contribution in [0.2, 0.25) is 0 Å². The molecule has 0 saturated carbocycles. The number of hydrogen-bond donors (Lipinski definition) is 2. The molecule has 0 aliphatic rings. The molecule has 0 aliphatic heterocycles. The topological polar surface area (TPSA) is 103 Å². The average Bonchev–Trinajstić information content (AvgIpc) is 2.78. The third-order valence-corrected chi connectivity index (χ3v) is 4.90. The van der Waals surface area contributed by atoms with Crippen molar-refractivity contribution in [3.8, 4) is 0 Å². The van der Waals surface area contributed by atoms with Gasteiger partial charge < -0.3 is 10.3 Å². The Kier molecular flexibility index (Phi) is 4.41. The van der Waals surface area contributed by atoms with Crippen molar-refractivity contribution in [2.75, 3.05) is 12.3 Å².